The molecule has 0 aliphatic carbocycles. The van der Waals surface area contributed by atoms with Gasteiger partial charge in [0, 0.05) is 30.2 Å². The van der Waals surface area contributed by atoms with Crippen molar-refractivity contribution in [3.63, 3.8) is 0 Å². The number of aromatic amines is 1. The van der Waals surface area contributed by atoms with Crippen LogP contribution in [0.3, 0.4) is 0 Å². The molecule has 0 spiro atoms. The Labute approximate surface area is 170 Å². The maximum atomic E-state index is 12.5. The van der Waals surface area contributed by atoms with E-state index in [1.807, 2.05) is 42.8 Å². The third-order valence-electron chi connectivity index (χ3n) is 4.57. The number of hydrogen-bond donors (Lipinski definition) is 2. The molecule has 0 aliphatic heterocycles. The number of thiophene rings is 1. The molecule has 1 aromatic carbocycles. The number of amides is 1. The number of nitrogens with one attached hydrogen (secondary N) is 2. The average molecular weight is 413 g/mol. The van der Waals surface area contributed by atoms with Gasteiger partial charge < -0.3 is 10.3 Å². The van der Waals surface area contributed by atoms with Gasteiger partial charge in [0.2, 0.25) is 5.91 Å². The van der Waals surface area contributed by atoms with E-state index < -0.39 is 0 Å². The van der Waals surface area contributed by atoms with E-state index >= 15 is 0 Å². The molecule has 1 amide bonds. The van der Waals surface area contributed by atoms with Crippen LogP contribution in [0, 0.1) is 0 Å². The summed E-state index contributed by atoms with van der Waals surface area (Å²) in [4.78, 5) is 32.6. The Morgan fingerprint density at radius 1 is 1.32 bits per heavy atom. The van der Waals surface area contributed by atoms with Gasteiger partial charge >= 0.3 is 0 Å². The number of thioether (sulfide) groups is 1. The normalized spacial score (nSPS) is 11.3. The largest absolute Gasteiger partial charge is 0.361 e. The highest BCUT2D eigenvalue weighted by Gasteiger charge is 2.13. The lowest BCUT2D eigenvalue weighted by Crippen LogP contribution is -2.28. The van der Waals surface area contributed by atoms with Crippen LogP contribution < -0.4 is 10.9 Å². The number of rotatable bonds is 7. The Kier molecular flexibility index (Phi) is 5.50. The van der Waals surface area contributed by atoms with Gasteiger partial charge in [-0.3, -0.25) is 14.2 Å². The lowest BCUT2D eigenvalue weighted by atomic mass is 10.1. The fourth-order valence-corrected chi connectivity index (χ4v) is 4.84. The summed E-state index contributed by atoms with van der Waals surface area (Å²) in [6.07, 6.45) is 2.75. The van der Waals surface area contributed by atoms with Crippen molar-refractivity contribution in [2.45, 2.75) is 25.0 Å². The monoisotopic (exact) mass is 412 g/mol. The van der Waals surface area contributed by atoms with Crippen molar-refractivity contribution < 1.29 is 4.79 Å². The van der Waals surface area contributed by atoms with Crippen molar-refractivity contribution >= 4 is 50.1 Å². The zero-order valence-corrected chi connectivity index (χ0v) is 17.0. The van der Waals surface area contributed by atoms with E-state index in [2.05, 4.69) is 21.4 Å². The third-order valence-corrected chi connectivity index (χ3v) is 6.44. The van der Waals surface area contributed by atoms with Crippen molar-refractivity contribution in [1.29, 1.82) is 0 Å². The molecule has 0 radical (unpaired) electrons. The molecule has 0 bridgehead atoms. The summed E-state index contributed by atoms with van der Waals surface area (Å²) >= 11 is 2.70. The van der Waals surface area contributed by atoms with E-state index in [0.29, 0.717) is 28.5 Å². The fourth-order valence-electron chi connectivity index (χ4n) is 3.17. The van der Waals surface area contributed by atoms with E-state index in [0.717, 1.165) is 11.9 Å². The smallest absolute Gasteiger partial charge is 0.272 e. The van der Waals surface area contributed by atoms with Crippen molar-refractivity contribution in [3.05, 3.63) is 57.8 Å². The number of carbonyl (C=O) groups excluding carboxylic acids is 1. The van der Waals surface area contributed by atoms with E-state index in [9.17, 15) is 9.59 Å². The first-order chi connectivity index (χ1) is 13.7. The number of fused-ring (bicyclic) bond motifs is 2. The van der Waals surface area contributed by atoms with Gasteiger partial charge in [0.1, 0.15) is 4.70 Å². The van der Waals surface area contributed by atoms with Crippen molar-refractivity contribution in [2.24, 2.45) is 0 Å². The molecule has 0 atom stereocenters. The van der Waals surface area contributed by atoms with E-state index in [1.54, 1.807) is 4.57 Å². The zero-order valence-electron chi connectivity index (χ0n) is 15.4. The molecule has 0 aliphatic rings. The summed E-state index contributed by atoms with van der Waals surface area (Å²) in [7, 11) is 0. The topological polar surface area (TPSA) is 79.8 Å². The van der Waals surface area contributed by atoms with Gasteiger partial charge in [-0.1, -0.05) is 30.0 Å². The van der Waals surface area contributed by atoms with Crippen LogP contribution in [0.1, 0.15) is 12.5 Å². The summed E-state index contributed by atoms with van der Waals surface area (Å²) < 4.78 is 2.29. The van der Waals surface area contributed by atoms with Crippen LogP contribution in [-0.2, 0) is 17.8 Å². The highest BCUT2D eigenvalue weighted by molar-refractivity contribution is 7.99. The standard InChI is InChI=1S/C20H20N4O2S2/c1-2-24-19(26)18-16(8-10-27-18)23-20(24)28-12-17(25)21-9-7-13-11-22-15-6-4-3-5-14(13)15/h3-6,8,10-11,22H,2,7,9,12H2,1H3,(H,21,25). The minimum absolute atomic E-state index is 0.0373. The Hall–Kier alpha value is -2.58. The number of aromatic nitrogens is 3. The van der Waals surface area contributed by atoms with Crippen LogP contribution >= 0.6 is 23.1 Å². The Morgan fingerprint density at radius 3 is 3.04 bits per heavy atom. The molecule has 0 fully saturated rings. The second-order valence-corrected chi connectivity index (χ2v) is 8.19. The Bertz CT molecular complexity index is 1190. The molecule has 28 heavy (non-hydrogen) atoms. The molecule has 3 heterocycles. The van der Waals surface area contributed by atoms with Gasteiger partial charge in [0.15, 0.2) is 5.16 Å². The first-order valence-electron chi connectivity index (χ1n) is 9.10. The molecule has 8 heteroatoms. The quantitative estimate of drug-likeness (QED) is 0.360. The molecule has 3 aromatic heterocycles. The van der Waals surface area contributed by atoms with Crippen LogP contribution in [0.25, 0.3) is 21.1 Å². The van der Waals surface area contributed by atoms with Crippen LogP contribution in [0.4, 0.5) is 0 Å². The summed E-state index contributed by atoms with van der Waals surface area (Å²) in [5.74, 6) is 0.169. The fraction of sp³-hybridized carbons (Fsp3) is 0.250. The Morgan fingerprint density at radius 2 is 2.18 bits per heavy atom. The van der Waals surface area contributed by atoms with Crippen LogP contribution in [0.2, 0.25) is 0 Å². The number of carbonyl (C=O) groups is 1. The molecular weight excluding hydrogens is 392 g/mol. The SMILES string of the molecule is CCn1c(SCC(=O)NCCc2c[nH]c3ccccc23)nc2ccsc2c1=O. The molecule has 0 saturated carbocycles. The number of benzene rings is 1. The van der Waals surface area contributed by atoms with Crippen LogP contribution in [0.15, 0.2) is 51.9 Å². The van der Waals surface area contributed by atoms with Gasteiger partial charge in [-0.15, -0.1) is 11.3 Å². The average Bonchev–Trinajstić information content (AvgIpc) is 3.34. The highest BCUT2D eigenvalue weighted by Crippen LogP contribution is 2.21. The predicted octanol–water partition coefficient (Wildman–Crippen LogP) is 3.41. The second kappa shape index (κ2) is 8.20. The second-order valence-electron chi connectivity index (χ2n) is 6.33. The van der Waals surface area contributed by atoms with Gasteiger partial charge in [-0.05, 0) is 36.4 Å². The van der Waals surface area contributed by atoms with E-state index in [-0.39, 0.29) is 17.2 Å². The molecule has 6 nitrogen and oxygen atoms in total. The van der Waals surface area contributed by atoms with Crippen molar-refractivity contribution in [3.8, 4) is 0 Å². The summed E-state index contributed by atoms with van der Waals surface area (Å²) in [6, 6.07) is 9.97. The summed E-state index contributed by atoms with van der Waals surface area (Å²) in [5.41, 5.74) is 2.95. The molecule has 0 unspecified atom stereocenters. The zero-order chi connectivity index (χ0) is 19.5. The first-order valence-corrected chi connectivity index (χ1v) is 11.0. The van der Waals surface area contributed by atoms with Gasteiger partial charge in [-0.25, -0.2) is 4.98 Å². The van der Waals surface area contributed by atoms with E-state index in [1.165, 1.54) is 34.0 Å². The van der Waals surface area contributed by atoms with Gasteiger partial charge in [0.05, 0.1) is 11.3 Å². The van der Waals surface area contributed by atoms with E-state index in [4.69, 9.17) is 0 Å². The maximum absolute atomic E-state index is 12.5. The summed E-state index contributed by atoms with van der Waals surface area (Å²) in [5, 5.41) is 6.59. The molecule has 4 aromatic rings. The maximum Gasteiger partial charge on any atom is 0.272 e. The third kappa shape index (κ3) is 3.70. The highest BCUT2D eigenvalue weighted by atomic mass is 32.2. The summed E-state index contributed by atoms with van der Waals surface area (Å²) in [6.45, 7) is 3.01. The molecule has 144 valence electrons. The van der Waals surface area contributed by atoms with Gasteiger partial charge in [0.25, 0.3) is 5.56 Å². The molecular formula is C20H20N4O2S2. The number of hydrogen-bond acceptors (Lipinski definition) is 5. The predicted molar refractivity (Wildman–Crippen MR) is 115 cm³/mol. The Balaban J connectivity index is 1.36. The first kappa shape index (κ1) is 18.8. The number of nitrogens with zero attached hydrogens (tertiary/aromatic N) is 2. The molecule has 2 N–H and O–H groups in total. The minimum Gasteiger partial charge on any atom is -0.361 e. The van der Waals surface area contributed by atoms with Crippen molar-refractivity contribution in [2.75, 3.05) is 12.3 Å². The van der Waals surface area contributed by atoms with Gasteiger partial charge in [-0.2, -0.15) is 0 Å². The lowest BCUT2D eigenvalue weighted by molar-refractivity contribution is -0.118. The molecule has 0 saturated heterocycles. The number of H-pyrrole nitrogens is 1. The van der Waals surface area contributed by atoms with Crippen LogP contribution in [0.5, 0.6) is 0 Å². The van der Waals surface area contributed by atoms with Crippen molar-refractivity contribution in [1.82, 2.24) is 19.9 Å². The number of para-hydroxylation sites is 1. The van der Waals surface area contributed by atoms with Crippen LogP contribution in [-0.4, -0.2) is 32.7 Å². The molecule has 4 rings (SSSR count). The lowest BCUT2D eigenvalue weighted by Gasteiger charge is -2.10. The minimum atomic E-state index is -0.0628.